The molecule has 0 radical (unpaired) electrons. The van der Waals surface area contributed by atoms with Crippen LogP contribution >= 0.6 is 0 Å². The van der Waals surface area contributed by atoms with Gasteiger partial charge in [0.2, 0.25) is 0 Å². The summed E-state index contributed by atoms with van der Waals surface area (Å²) in [7, 11) is 0. The minimum atomic E-state index is 0.0545. The highest BCUT2D eigenvalue weighted by atomic mass is 15.4. The summed E-state index contributed by atoms with van der Waals surface area (Å²) in [6.45, 7) is 0. The molecule has 2 heterocycles. The van der Waals surface area contributed by atoms with Crippen molar-refractivity contribution in [3.63, 3.8) is 0 Å². The van der Waals surface area contributed by atoms with Crippen molar-refractivity contribution in [2.24, 2.45) is 0 Å². The molecule has 0 aliphatic rings. The lowest BCUT2D eigenvalue weighted by Crippen LogP contribution is -2.06. The van der Waals surface area contributed by atoms with E-state index in [1.807, 2.05) is 0 Å². The average molecular weight is 163 g/mol. The summed E-state index contributed by atoms with van der Waals surface area (Å²) in [6.07, 6.45) is 4.85. The second-order valence-electron chi connectivity index (χ2n) is 2.03. The number of nitrogen functional groups attached to an aromatic ring is 1. The van der Waals surface area contributed by atoms with Crippen LogP contribution in [0, 0.1) is 0 Å². The number of rotatable bonds is 1. The fourth-order valence-corrected chi connectivity index (χ4v) is 0.713. The van der Waals surface area contributed by atoms with E-state index >= 15 is 0 Å². The van der Waals surface area contributed by atoms with E-state index in [0.29, 0.717) is 5.95 Å². The summed E-state index contributed by atoms with van der Waals surface area (Å²) < 4.78 is 1.58. The number of imidazole rings is 1. The zero-order valence-electron chi connectivity index (χ0n) is 5.99. The first-order chi connectivity index (χ1) is 5.86. The molecule has 0 spiro atoms. The van der Waals surface area contributed by atoms with E-state index in [4.69, 9.17) is 5.73 Å². The molecule has 2 rings (SSSR count). The lowest BCUT2D eigenvalue weighted by molar-refractivity contribution is 0.791. The van der Waals surface area contributed by atoms with E-state index < -0.39 is 0 Å². The van der Waals surface area contributed by atoms with Gasteiger partial charge in [-0.25, -0.2) is 4.98 Å². The van der Waals surface area contributed by atoms with Crippen molar-refractivity contribution in [2.75, 3.05) is 5.73 Å². The molecule has 0 saturated heterocycles. The number of nitrogens with zero attached hydrogens (tertiary/aromatic N) is 6. The third kappa shape index (κ3) is 1.07. The first kappa shape index (κ1) is 6.65. The van der Waals surface area contributed by atoms with Gasteiger partial charge >= 0.3 is 0 Å². The van der Waals surface area contributed by atoms with Crippen molar-refractivity contribution in [3.05, 3.63) is 18.7 Å². The summed E-state index contributed by atoms with van der Waals surface area (Å²) in [5.41, 5.74) is 5.21. The fraction of sp³-hybridized carbons (Fsp3) is 0. The second kappa shape index (κ2) is 2.53. The Morgan fingerprint density at radius 3 is 2.50 bits per heavy atom. The second-order valence-corrected chi connectivity index (χ2v) is 2.03. The Bertz CT molecular complexity index is 350. The molecule has 0 saturated carbocycles. The molecule has 60 valence electrons. The van der Waals surface area contributed by atoms with Gasteiger partial charge in [-0.05, 0) is 0 Å². The molecular formula is C5H5N7. The summed E-state index contributed by atoms with van der Waals surface area (Å²) in [4.78, 5) is 3.82. The van der Waals surface area contributed by atoms with Crippen LogP contribution in [0.4, 0.5) is 5.95 Å². The maximum Gasteiger partial charge on any atom is 0.274 e. The van der Waals surface area contributed by atoms with Gasteiger partial charge in [0.1, 0.15) is 6.33 Å². The molecule has 2 aromatic heterocycles. The molecule has 0 fully saturated rings. The first-order valence-electron chi connectivity index (χ1n) is 3.17. The molecule has 0 bridgehead atoms. The van der Waals surface area contributed by atoms with Crippen molar-refractivity contribution < 1.29 is 0 Å². The normalized spacial score (nSPS) is 10.0. The maximum absolute atomic E-state index is 5.21. The number of anilines is 1. The smallest absolute Gasteiger partial charge is 0.274 e. The average Bonchev–Trinajstić information content (AvgIpc) is 2.58. The van der Waals surface area contributed by atoms with Crippen molar-refractivity contribution in [3.8, 4) is 5.95 Å². The van der Waals surface area contributed by atoms with E-state index in [0.717, 1.165) is 0 Å². The van der Waals surface area contributed by atoms with E-state index in [1.54, 1.807) is 23.3 Å². The van der Waals surface area contributed by atoms with Gasteiger partial charge in [-0.2, -0.15) is 0 Å². The Kier molecular flexibility index (Phi) is 1.40. The topological polar surface area (TPSA) is 95.4 Å². The number of aromatic nitrogens is 6. The zero-order valence-corrected chi connectivity index (χ0v) is 5.99. The molecule has 0 unspecified atom stereocenters. The van der Waals surface area contributed by atoms with Crippen molar-refractivity contribution in [1.82, 2.24) is 29.9 Å². The van der Waals surface area contributed by atoms with Crippen molar-refractivity contribution in [2.45, 2.75) is 0 Å². The quantitative estimate of drug-likeness (QED) is 0.581. The monoisotopic (exact) mass is 163 g/mol. The van der Waals surface area contributed by atoms with Gasteiger partial charge in [0.25, 0.3) is 11.9 Å². The number of nitrogens with two attached hydrogens (primary N) is 1. The Morgan fingerprint density at radius 2 is 1.92 bits per heavy atom. The standard InChI is InChI=1S/C5H5N7/c6-4-8-10-5(11-9-4)12-2-1-7-3-12/h1-3H,(H2,6,8,9). The highest BCUT2D eigenvalue weighted by molar-refractivity contribution is 5.12. The van der Waals surface area contributed by atoms with Crippen LogP contribution in [0.2, 0.25) is 0 Å². The lowest BCUT2D eigenvalue weighted by atomic mass is 10.8. The maximum atomic E-state index is 5.21. The van der Waals surface area contributed by atoms with E-state index in [1.165, 1.54) is 0 Å². The zero-order chi connectivity index (χ0) is 8.39. The molecule has 12 heavy (non-hydrogen) atoms. The van der Waals surface area contributed by atoms with Gasteiger partial charge in [0, 0.05) is 12.4 Å². The Morgan fingerprint density at radius 1 is 1.17 bits per heavy atom. The highest BCUT2D eigenvalue weighted by Gasteiger charge is 1.98. The van der Waals surface area contributed by atoms with Crippen LogP contribution in [0.1, 0.15) is 0 Å². The Balaban J connectivity index is 2.43. The van der Waals surface area contributed by atoms with Crippen LogP contribution in [0.5, 0.6) is 0 Å². The third-order valence-electron chi connectivity index (χ3n) is 1.22. The minimum absolute atomic E-state index is 0.0545. The predicted molar refractivity (Wildman–Crippen MR) is 39.2 cm³/mol. The van der Waals surface area contributed by atoms with Crippen LogP contribution < -0.4 is 5.73 Å². The molecule has 0 amide bonds. The van der Waals surface area contributed by atoms with E-state index in [9.17, 15) is 0 Å². The van der Waals surface area contributed by atoms with Crippen LogP contribution in [0.15, 0.2) is 18.7 Å². The van der Waals surface area contributed by atoms with Gasteiger partial charge in [-0.15, -0.1) is 20.4 Å². The van der Waals surface area contributed by atoms with Crippen LogP contribution in [-0.4, -0.2) is 29.9 Å². The highest BCUT2D eigenvalue weighted by Crippen LogP contribution is 1.94. The molecule has 0 aliphatic heterocycles. The molecule has 2 N–H and O–H groups in total. The molecule has 0 aromatic carbocycles. The summed E-state index contributed by atoms with van der Waals surface area (Å²) in [6, 6.07) is 0. The van der Waals surface area contributed by atoms with Gasteiger partial charge in [0.15, 0.2) is 0 Å². The van der Waals surface area contributed by atoms with Crippen molar-refractivity contribution >= 4 is 5.95 Å². The van der Waals surface area contributed by atoms with Crippen LogP contribution in [-0.2, 0) is 0 Å². The van der Waals surface area contributed by atoms with Gasteiger partial charge in [-0.3, -0.25) is 4.57 Å². The Hall–Kier alpha value is -2.05. The molecule has 0 atom stereocenters. The third-order valence-corrected chi connectivity index (χ3v) is 1.22. The Labute approximate surface area is 67.3 Å². The minimum Gasteiger partial charge on any atom is -0.365 e. The van der Waals surface area contributed by atoms with E-state index in [2.05, 4.69) is 25.4 Å². The lowest BCUT2D eigenvalue weighted by Gasteiger charge is -1.95. The van der Waals surface area contributed by atoms with Crippen LogP contribution in [0.3, 0.4) is 0 Å². The van der Waals surface area contributed by atoms with Gasteiger partial charge < -0.3 is 5.73 Å². The summed E-state index contributed by atoms with van der Waals surface area (Å²) >= 11 is 0. The summed E-state index contributed by atoms with van der Waals surface area (Å²) in [5.74, 6) is 0.403. The molecule has 0 aliphatic carbocycles. The fourth-order valence-electron chi connectivity index (χ4n) is 0.713. The number of hydrogen-bond donors (Lipinski definition) is 1. The molecule has 2 aromatic rings. The number of hydrogen-bond acceptors (Lipinski definition) is 6. The first-order valence-corrected chi connectivity index (χ1v) is 3.17. The van der Waals surface area contributed by atoms with Crippen LogP contribution in [0.25, 0.3) is 5.95 Å². The van der Waals surface area contributed by atoms with Gasteiger partial charge in [-0.1, -0.05) is 0 Å². The predicted octanol–water partition coefficient (Wildman–Crippen LogP) is -0.966. The largest absolute Gasteiger partial charge is 0.365 e. The van der Waals surface area contributed by atoms with E-state index in [-0.39, 0.29) is 5.95 Å². The molecular weight excluding hydrogens is 158 g/mol. The van der Waals surface area contributed by atoms with Crippen molar-refractivity contribution in [1.29, 1.82) is 0 Å². The SMILES string of the molecule is Nc1nnc(-n2ccnc2)nn1. The van der Waals surface area contributed by atoms with Gasteiger partial charge in [0.05, 0.1) is 0 Å². The molecule has 7 heteroatoms. The molecule has 7 nitrogen and oxygen atoms in total. The summed E-state index contributed by atoms with van der Waals surface area (Å²) in [5, 5.41) is 14.5.